The summed E-state index contributed by atoms with van der Waals surface area (Å²) < 4.78 is 5.50. The predicted molar refractivity (Wildman–Crippen MR) is 128 cm³/mol. The molecule has 8 heteroatoms. The van der Waals surface area contributed by atoms with Crippen LogP contribution in [-0.4, -0.2) is 54.9 Å². The van der Waals surface area contributed by atoms with Crippen molar-refractivity contribution in [2.45, 2.75) is 11.6 Å². The number of ether oxygens (including phenoxy) is 1. The third-order valence-electron chi connectivity index (χ3n) is 5.34. The van der Waals surface area contributed by atoms with Crippen LogP contribution < -0.4 is 19.9 Å². The zero-order valence-corrected chi connectivity index (χ0v) is 18.9. The minimum atomic E-state index is -0.00978. The van der Waals surface area contributed by atoms with Gasteiger partial charge in [-0.1, -0.05) is 54.2 Å². The summed E-state index contributed by atoms with van der Waals surface area (Å²) in [4.78, 5) is 25.6. The molecule has 166 valence electrons. The van der Waals surface area contributed by atoms with Gasteiger partial charge in [0.15, 0.2) is 0 Å². The predicted octanol–water partition coefficient (Wildman–Crippen LogP) is 3.22. The maximum atomic E-state index is 12.2. The van der Waals surface area contributed by atoms with E-state index in [1.807, 2.05) is 54.6 Å². The van der Waals surface area contributed by atoms with Gasteiger partial charge in [-0.25, -0.2) is 9.97 Å². The Balaban J connectivity index is 1.28. The Hall–Kier alpha value is -3.26. The van der Waals surface area contributed by atoms with Crippen LogP contribution in [0.25, 0.3) is 0 Å². The summed E-state index contributed by atoms with van der Waals surface area (Å²) in [6.45, 7) is 4.02. The maximum Gasteiger partial charge on any atom is 0.230 e. The number of thioether (sulfide) groups is 1. The fraction of sp³-hybridized carbons (Fsp3) is 0.292. The van der Waals surface area contributed by atoms with Crippen LogP contribution in [0.15, 0.2) is 72.0 Å². The van der Waals surface area contributed by atoms with Gasteiger partial charge >= 0.3 is 0 Å². The van der Waals surface area contributed by atoms with Crippen molar-refractivity contribution in [3.05, 3.63) is 72.6 Å². The molecular formula is C24H27N5O2S. The summed E-state index contributed by atoms with van der Waals surface area (Å²) in [5, 5.41) is 3.75. The van der Waals surface area contributed by atoms with Crippen molar-refractivity contribution in [2.75, 3.05) is 48.8 Å². The molecular weight excluding hydrogens is 422 g/mol. The Morgan fingerprint density at radius 2 is 1.72 bits per heavy atom. The second-order valence-corrected chi connectivity index (χ2v) is 8.41. The molecule has 0 aliphatic carbocycles. The molecule has 2 aromatic carbocycles. The lowest BCUT2D eigenvalue weighted by molar-refractivity contribution is -0.118. The van der Waals surface area contributed by atoms with Gasteiger partial charge in [0, 0.05) is 38.8 Å². The molecule has 0 saturated carbocycles. The van der Waals surface area contributed by atoms with E-state index >= 15 is 0 Å². The summed E-state index contributed by atoms with van der Waals surface area (Å²) in [6, 6.07) is 20.0. The lowest BCUT2D eigenvalue weighted by Gasteiger charge is -2.37. The first-order valence-corrected chi connectivity index (χ1v) is 11.6. The second kappa shape index (κ2) is 10.9. The number of rotatable bonds is 8. The van der Waals surface area contributed by atoms with Crippen LogP contribution in [0.3, 0.4) is 0 Å². The number of methoxy groups -OCH3 is 1. The maximum absolute atomic E-state index is 12.2. The Morgan fingerprint density at radius 1 is 1.00 bits per heavy atom. The van der Waals surface area contributed by atoms with Crippen LogP contribution in [0, 0.1) is 0 Å². The van der Waals surface area contributed by atoms with Crippen LogP contribution in [-0.2, 0) is 11.3 Å². The first-order valence-electron chi connectivity index (χ1n) is 10.6. The van der Waals surface area contributed by atoms with Gasteiger partial charge in [-0.05, 0) is 17.7 Å². The Kier molecular flexibility index (Phi) is 7.45. The fourth-order valence-electron chi connectivity index (χ4n) is 3.64. The molecule has 1 saturated heterocycles. The van der Waals surface area contributed by atoms with Gasteiger partial charge in [0.05, 0.1) is 18.6 Å². The van der Waals surface area contributed by atoms with Gasteiger partial charge in [0.1, 0.15) is 22.9 Å². The lowest BCUT2D eigenvalue weighted by atomic mass is 10.2. The average Bonchev–Trinajstić information content (AvgIpc) is 2.87. The standard InChI is InChI=1S/C24H27N5O2S/c1-31-21-10-6-5-9-20(21)28-11-13-29(14-12-28)22-15-24(27-18-26-22)32-17-23(30)25-16-19-7-3-2-4-8-19/h2-10,15,18H,11-14,16-17H2,1H3,(H,25,30). The van der Waals surface area contributed by atoms with E-state index in [0.29, 0.717) is 12.3 Å². The number of nitrogens with one attached hydrogen (secondary N) is 1. The largest absolute Gasteiger partial charge is 0.495 e. The summed E-state index contributed by atoms with van der Waals surface area (Å²) in [7, 11) is 1.71. The highest BCUT2D eigenvalue weighted by atomic mass is 32.2. The van der Waals surface area contributed by atoms with Crippen molar-refractivity contribution in [1.29, 1.82) is 0 Å². The van der Waals surface area contributed by atoms with Crippen LogP contribution in [0.2, 0.25) is 0 Å². The van der Waals surface area contributed by atoms with E-state index in [0.717, 1.165) is 54.0 Å². The highest BCUT2D eigenvalue weighted by molar-refractivity contribution is 7.99. The van der Waals surface area contributed by atoms with E-state index < -0.39 is 0 Å². The molecule has 1 amide bonds. The van der Waals surface area contributed by atoms with Crippen molar-refractivity contribution in [1.82, 2.24) is 15.3 Å². The first-order chi connectivity index (χ1) is 15.7. The number of amides is 1. The van der Waals surface area contributed by atoms with Crippen LogP contribution in [0.4, 0.5) is 11.5 Å². The summed E-state index contributed by atoms with van der Waals surface area (Å²) in [6.07, 6.45) is 1.58. The Labute approximate surface area is 192 Å². The lowest BCUT2D eigenvalue weighted by Crippen LogP contribution is -2.47. The molecule has 3 aromatic rings. The molecule has 1 N–H and O–H groups in total. The smallest absolute Gasteiger partial charge is 0.230 e. The number of para-hydroxylation sites is 2. The molecule has 32 heavy (non-hydrogen) atoms. The van der Waals surface area contributed by atoms with Crippen LogP contribution in [0.1, 0.15) is 5.56 Å². The van der Waals surface area contributed by atoms with Gasteiger partial charge in [-0.3, -0.25) is 4.79 Å². The van der Waals surface area contributed by atoms with E-state index in [2.05, 4.69) is 31.2 Å². The average molecular weight is 450 g/mol. The van der Waals surface area contributed by atoms with E-state index in [4.69, 9.17) is 4.74 Å². The van der Waals surface area contributed by atoms with Crippen molar-refractivity contribution < 1.29 is 9.53 Å². The van der Waals surface area contributed by atoms with Crippen molar-refractivity contribution in [3.63, 3.8) is 0 Å². The summed E-state index contributed by atoms with van der Waals surface area (Å²) >= 11 is 1.43. The zero-order valence-electron chi connectivity index (χ0n) is 18.1. The third kappa shape index (κ3) is 5.70. The molecule has 0 spiro atoms. The number of benzene rings is 2. The van der Waals surface area contributed by atoms with Crippen molar-refractivity contribution in [2.24, 2.45) is 0 Å². The number of aromatic nitrogens is 2. The number of anilines is 2. The molecule has 0 unspecified atom stereocenters. The Morgan fingerprint density at radius 3 is 2.50 bits per heavy atom. The first kappa shape index (κ1) is 22.0. The van der Waals surface area contributed by atoms with Gasteiger partial charge in [-0.2, -0.15) is 0 Å². The minimum Gasteiger partial charge on any atom is -0.495 e. The molecule has 1 aromatic heterocycles. The van der Waals surface area contributed by atoms with E-state index in [1.54, 1.807) is 13.4 Å². The molecule has 4 rings (SSSR count). The highest BCUT2D eigenvalue weighted by Crippen LogP contribution is 2.29. The second-order valence-electron chi connectivity index (χ2n) is 7.41. The number of piperazine rings is 1. The quantitative estimate of drug-likeness (QED) is 0.418. The van der Waals surface area contributed by atoms with E-state index in [-0.39, 0.29) is 5.91 Å². The zero-order chi connectivity index (χ0) is 22.2. The van der Waals surface area contributed by atoms with Gasteiger partial charge in [0.2, 0.25) is 5.91 Å². The molecule has 1 aliphatic heterocycles. The molecule has 2 heterocycles. The third-order valence-corrected chi connectivity index (χ3v) is 6.27. The summed E-state index contributed by atoms with van der Waals surface area (Å²) in [5.74, 6) is 2.11. The number of hydrogen-bond donors (Lipinski definition) is 1. The highest BCUT2D eigenvalue weighted by Gasteiger charge is 2.21. The number of hydrogen-bond acceptors (Lipinski definition) is 7. The molecule has 0 bridgehead atoms. The van der Waals surface area contributed by atoms with Crippen LogP contribution >= 0.6 is 11.8 Å². The molecule has 0 atom stereocenters. The van der Waals surface area contributed by atoms with Crippen LogP contribution in [0.5, 0.6) is 5.75 Å². The number of nitrogens with zero attached hydrogens (tertiary/aromatic N) is 4. The number of carbonyl (C=O) groups excluding carboxylic acids is 1. The fourth-order valence-corrected chi connectivity index (χ4v) is 4.33. The van der Waals surface area contributed by atoms with E-state index in [1.165, 1.54) is 11.8 Å². The molecule has 7 nitrogen and oxygen atoms in total. The normalized spacial score (nSPS) is 13.7. The minimum absolute atomic E-state index is 0.00978. The SMILES string of the molecule is COc1ccccc1N1CCN(c2cc(SCC(=O)NCc3ccccc3)ncn2)CC1. The van der Waals surface area contributed by atoms with Gasteiger partial charge in [-0.15, -0.1) is 0 Å². The van der Waals surface area contributed by atoms with Gasteiger partial charge < -0.3 is 19.9 Å². The molecule has 0 radical (unpaired) electrons. The topological polar surface area (TPSA) is 70.6 Å². The van der Waals surface area contributed by atoms with Gasteiger partial charge in [0.25, 0.3) is 0 Å². The molecule has 1 fully saturated rings. The van der Waals surface area contributed by atoms with Crippen molar-refractivity contribution >= 4 is 29.2 Å². The van der Waals surface area contributed by atoms with Crippen molar-refractivity contribution in [3.8, 4) is 5.75 Å². The number of carbonyl (C=O) groups is 1. The monoisotopic (exact) mass is 449 g/mol. The van der Waals surface area contributed by atoms with E-state index in [9.17, 15) is 4.79 Å². The molecule has 1 aliphatic rings. The Bertz CT molecular complexity index is 1030. The summed E-state index contributed by atoms with van der Waals surface area (Å²) in [5.41, 5.74) is 2.21.